The number of aryl methyl sites for hydroxylation is 1. The van der Waals surface area contributed by atoms with Gasteiger partial charge in [-0.25, -0.2) is 4.98 Å². The van der Waals surface area contributed by atoms with E-state index in [1.54, 1.807) is 0 Å². The van der Waals surface area contributed by atoms with Gasteiger partial charge in [0, 0.05) is 16.2 Å². The highest BCUT2D eigenvalue weighted by molar-refractivity contribution is 9.10. The van der Waals surface area contributed by atoms with Crippen molar-refractivity contribution in [2.75, 3.05) is 5.73 Å². The van der Waals surface area contributed by atoms with Gasteiger partial charge in [0.05, 0.1) is 5.02 Å². The van der Waals surface area contributed by atoms with E-state index in [1.807, 2.05) is 47.9 Å². The Bertz CT molecular complexity index is 780. The first-order chi connectivity index (χ1) is 9.06. The topological polar surface area (TPSA) is 43.3 Å². The number of hydrogen-bond donors (Lipinski definition) is 1. The molecule has 0 bridgehead atoms. The smallest absolute Gasteiger partial charge is 0.139 e. The van der Waals surface area contributed by atoms with Crippen molar-refractivity contribution in [1.82, 2.24) is 9.38 Å². The Morgan fingerprint density at radius 2 is 2.05 bits per heavy atom. The van der Waals surface area contributed by atoms with Crippen LogP contribution in [0.2, 0.25) is 5.02 Å². The molecule has 0 radical (unpaired) electrons. The molecule has 1 aromatic carbocycles. The summed E-state index contributed by atoms with van der Waals surface area (Å²) in [6.07, 6.45) is 1.93. The van der Waals surface area contributed by atoms with Crippen molar-refractivity contribution in [3.05, 3.63) is 51.6 Å². The number of aromatic nitrogens is 2. The zero-order valence-electron chi connectivity index (χ0n) is 10.2. The molecule has 3 rings (SSSR count). The average molecular weight is 337 g/mol. The Morgan fingerprint density at radius 1 is 1.26 bits per heavy atom. The molecule has 0 aliphatic rings. The number of hydrogen-bond acceptors (Lipinski definition) is 2. The number of rotatable bonds is 1. The Hall–Kier alpha value is -1.52. The second kappa shape index (κ2) is 4.54. The third-order valence-electron chi connectivity index (χ3n) is 3.01. The molecular formula is C14H11BrClN3. The summed E-state index contributed by atoms with van der Waals surface area (Å²) in [6.45, 7) is 2.03. The van der Waals surface area contributed by atoms with Crippen LogP contribution in [-0.2, 0) is 0 Å². The Balaban J connectivity index is 2.24. The normalized spacial score (nSPS) is 11.1. The van der Waals surface area contributed by atoms with E-state index in [0.29, 0.717) is 10.8 Å². The molecule has 0 aliphatic heterocycles. The number of imidazole rings is 1. The summed E-state index contributed by atoms with van der Waals surface area (Å²) in [5.74, 6) is 0.619. The third-order valence-corrected chi connectivity index (χ3v) is 4.24. The van der Waals surface area contributed by atoms with Gasteiger partial charge in [0.1, 0.15) is 17.2 Å². The quantitative estimate of drug-likeness (QED) is 0.719. The van der Waals surface area contributed by atoms with Crippen LogP contribution in [0.25, 0.3) is 16.9 Å². The molecule has 19 heavy (non-hydrogen) atoms. The minimum Gasteiger partial charge on any atom is -0.383 e. The number of fused-ring (bicyclic) bond motifs is 1. The summed E-state index contributed by atoms with van der Waals surface area (Å²) >= 11 is 9.49. The molecule has 2 N–H and O–H groups in total. The number of nitrogens with zero attached hydrogens (tertiary/aromatic N) is 2. The van der Waals surface area contributed by atoms with E-state index in [2.05, 4.69) is 20.9 Å². The predicted molar refractivity (Wildman–Crippen MR) is 82.5 cm³/mol. The predicted octanol–water partition coefficient (Wildman–Crippen LogP) is 4.31. The number of halogens is 2. The zero-order valence-corrected chi connectivity index (χ0v) is 12.5. The third kappa shape index (κ3) is 2.11. The van der Waals surface area contributed by atoms with Gasteiger partial charge < -0.3 is 5.73 Å². The molecule has 0 saturated carbocycles. The molecule has 0 unspecified atom stereocenters. The Kier molecular flexibility index (Phi) is 2.99. The molecule has 3 nitrogen and oxygen atoms in total. The van der Waals surface area contributed by atoms with Gasteiger partial charge in [-0.05, 0) is 52.7 Å². The second-order valence-corrected chi connectivity index (χ2v) is 5.67. The maximum atomic E-state index is 6.15. The monoisotopic (exact) mass is 335 g/mol. The van der Waals surface area contributed by atoms with E-state index in [4.69, 9.17) is 17.3 Å². The molecule has 0 atom stereocenters. The van der Waals surface area contributed by atoms with Crippen molar-refractivity contribution in [2.24, 2.45) is 0 Å². The van der Waals surface area contributed by atoms with Crippen LogP contribution in [0.5, 0.6) is 0 Å². The maximum absolute atomic E-state index is 6.15. The molecule has 0 aliphatic carbocycles. The summed E-state index contributed by atoms with van der Waals surface area (Å²) in [7, 11) is 0. The summed E-state index contributed by atoms with van der Waals surface area (Å²) in [6, 6.07) is 9.70. The minimum absolute atomic E-state index is 0.619. The lowest BCUT2D eigenvalue weighted by molar-refractivity contribution is 1.18. The van der Waals surface area contributed by atoms with Gasteiger partial charge >= 0.3 is 0 Å². The number of anilines is 1. The van der Waals surface area contributed by atoms with E-state index in [0.717, 1.165) is 26.9 Å². The fourth-order valence-electron chi connectivity index (χ4n) is 2.02. The van der Waals surface area contributed by atoms with E-state index in [1.165, 1.54) is 0 Å². The molecule has 2 heterocycles. The molecule has 0 amide bonds. The molecule has 96 valence electrons. The van der Waals surface area contributed by atoms with Crippen molar-refractivity contribution in [1.29, 1.82) is 0 Å². The Labute approximate surface area is 124 Å². The summed E-state index contributed by atoms with van der Waals surface area (Å²) in [5, 5.41) is 0.644. The van der Waals surface area contributed by atoms with E-state index < -0.39 is 0 Å². The highest BCUT2D eigenvalue weighted by atomic mass is 79.9. The van der Waals surface area contributed by atoms with Crippen molar-refractivity contribution in [3.8, 4) is 11.3 Å². The minimum atomic E-state index is 0.619. The van der Waals surface area contributed by atoms with Gasteiger partial charge in [-0.2, -0.15) is 0 Å². The summed E-state index contributed by atoms with van der Waals surface area (Å²) in [5.41, 5.74) is 9.80. The van der Waals surface area contributed by atoms with Gasteiger partial charge in [-0.3, -0.25) is 4.40 Å². The van der Waals surface area contributed by atoms with Crippen LogP contribution in [0.15, 0.2) is 41.0 Å². The van der Waals surface area contributed by atoms with Crippen LogP contribution < -0.4 is 5.73 Å². The van der Waals surface area contributed by atoms with Gasteiger partial charge in [-0.15, -0.1) is 0 Å². The maximum Gasteiger partial charge on any atom is 0.139 e. The van der Waals surface area contributed by atoms with Crippen molar-refractivity contribution in [2.45, 2.75) is 6.92 Å². The number of nitrogens with two attached hydrogens (primary N) is 1. The largest absolute Gasteiger partial charge is 0.383 e. The van der Waals surface area contributed by atoms with E-state index >= 15 is 0 Å². The fraction of sp³-hybridized carbons (Fsp3) is 0.0714. The molecule has 0 fully saturated rings. The van der Waals surface area contributed by atoms with Crippen molar-refractivity contribution in [3.63, 3.8) is 0 Å². The lowest BCUT2D eigenvalue weighted by Gasteiger charge is -2.01. The van der Waals surface area contributed by atoms with Gasteiger partial charge in [0.25, 0.3) is 0 Å². The van der Waals surface area contributed by atoms with Gasteiger partial charge in [-0.1, -0.05) is 17.7 Å². The zero-order chi connectivity index (χ0) is 13.6. The molecule has 2 aromatic heterocycles. The first-order valence-electron chi connectivity index (χ1n) is 5.76. The number of pyridine rings is 1. The highest BCUT2D eigenvalue weighted by Gasteiger charge is 2.12. The molecular weight excluding hydrogens is 326 g/mol. The van der Waals surface area contributed by atoms with Crippen LogP contribution in [0.1, 0.15) is 5.56 Å². The molecule has 0 saturated heterocycles. The Morgan fingerprint density at radius 3 is 2.79 bits per heavy atom. The lowest BCUT2D eigenvalue weighted by atomic mass is 10.1. The summed E-state index contributed by atoms with van der Waals surface area (Å²) < 4.78 is 2.73. The van der Waals surface area contributed by atoms with E-state index in [9.17, 15) is 0 Å². The van der Waals surface area contributed by atoms with Crippen LogP contribution in [0.4, 0.5) is 5.82 Å². The van der Waals surface area contributed by atoms with Crippen LogP contribution in [0, 0.1) is 6.92 Å². The molecule has 3 aromatic rings. The second-order valence-electron chi connectivity index (χ2n) is 4.41. The fourth-order valence-corrected chi connectivity index (χ4v) is 2.45. The van der Waals surface area contributed by atoms with Crippen LogP contribution >= 0.6 is 27.5 Å². The average Bonchev–Trinajstić information content (AvgIpc) is 2.70. The standard InChI is InChI=1S/C14H11BrClN3/c1-8-4-5-19-12(6-8)18-13(14(19)17)9-2-3-10(15)11(16)7-9/h2-7H,17H2,1H3. The van der Waals surface area contributed by atoms with Crippen molar-refractivity contribution >= 4 is 39.0 Å². The first-order valence-corrected chi connectivity index (χ1v) is 6.93. The molecule has 0 spiro atoms. The lowest BCUT2D eigenvalue weighted by Crippen LogP contribution is -1.94. The number of benzene rings is 1. The first kappa shape index (κ1) is 12.5. The SMILES string of the molecule is Cc1ccn2c(N)c(-c3ccc(Br)c(Cl)c3)nc2c1. The van der Waals surface area contributed by atoms with Crippen molar-refractivity contribution < 1.29 is 0 Å². The number of nitrogen functional groups attached to an aromatic ring is 1. The van der Waals surface area contributed by atoms with Crippen LogP contribution in [0.3, 0.4) is 0 Å². The van der Waals surface area contributed by atoms with Crippen LogP contribution in [-0.4, -0.2) is 9.38 Å². The molecule has 5 heteroatoms. The highest BCUT2D eigenvalue weighted by Crippen LogP contribution is 2.31. The summed E-state index contributed by atoms with van der Waals surface area (Å²) in [4.78, 5) is 4.58. The van der Waals surface area contributed by atoms with Gasteiger partial charge in [0.15, 0.2) is 0 Å². The van der Waals surface area contributed by atoms with Gasteiger partial charge in [0.2, 0.25) is 0 Å². The van der Waals surface area contributed by atoms with E-state index in [-0.39, 0.29) is 0 Å².